The highest BCUT2D eigenvalue weighted by Crippen LogP contribution is 2.47. The maximum Gasteiger partial charge on any atom is 0.293 e. The zero-order valence-corrected chi connectivity index (χ0v) is 13.8. The van der Waals surface area contributed by atoms with Crippen molar-refractivity contribution in [2.75, 3.05) is 5.88 Å². The third-order valence-electron chi connectivity index (χ3n) is 5.44. The molecule has 1 aliphatic carbocycles. The molecule has 0 unspecified atom stereocenters. The van der Waals surface area contributed by atoms with Crippen molar-refractivity contribution in [3.63, 3.8) is 0 Å². The first-order chi connectivity index (χ1) is 10.4. The minimum Gasteiger partial charge on any atom is -0.458 e. The predicted octanol–water partition coefficient (Wildman–Crippen LogP) is 1.77. The molecule has 2 aliphatic rings. The summed E-state index contributed by atoms with van der Waals surface area (Å²) >= 11 is 5.84. The number of aliphatic hydroxyl groups excluding tert-OH is 1. The van der Waals surface area contributed by atoms with Crippen LogP contribution >= 0.6 is 11.6 Å². The molecule has 0 aromatic carbocycles. The number of hydrogen-bond donors (Lipinski definition) is 2. The summed E-state index contributed by atoms with van der Waals surface area (Å²) in [6.07, 6.45) is 6.46. The van der Waals surface area contributed by atoms with Gasteiger partial charge in [-0.15, -0.1) is 11.6 Å². The van der Waals surface area contributed by atoms with Crippen LogP contribution in [0, 0.1) is 11.3 Å². The topological polar surface area (TPSA) is 75.6 Å². The second-order valence-electron chi connectivity index (χ2n) is 6.56. The van der Waals surface area contributed by atoms with Crippen LogP contribution in [-0.2, 0) is 14.3 Å². The van der Waals surface area contributed by atoms with Gasteiger partial charge < -0.3 is 15.2 Å². The SMILES string of the molecule is C[C@]1(CCCl)C(=O)N[C@H]([C@@H](O)[C@@H]2C=CCCC2)[C@@]1(C)OC=O. The maximum absolute atomic E-state index is 12.5. The fraction of sp³-hybridized carbons (Fsp3) is 0.750. The average molecular weight is 330 g/mol. The van der Waals surface area contributed by atoms with Crippen molar-refractivity contribution in [1.29, 1.82) is 0 Å². The molecule has 1 fully saturated rings. The van der Waals surface area contributed by atoms with Crippen LogP contribution in [0.4, 0.5) is 0 Å². The van der Waals surface area contributed by atoms with Crippen LogP contribution in [0.3, 0.4) is 0 Å². The molecular formula is C16H24ClNO4. The van der Waals surface area contributed by atoms with Gasteiger partial charge in [0.1, 0.15) is 5.60 Å². The quantitative estimate of drug-likeness (QED) is 0.442. The highest BCUT2D eigenvalue weighted by atomic mass is 35.5. The Kier molecular flexibility index (Phi) is 5.17. The smallest absolute Gasteiger partial charge is 0.293 e. The van der Waals surface area contributed by atoms with E-state index in [1.165, 1.54) is 0 Å². The van der Waals surface area contributed by atoms with Gasteiger partial charge in [0, 0.05) is 11.8 Å². The molecule has 0 aromatic rings. The van der Waals surface area contributed by atoms with E-state index in [0.717, 1.165) is 19.3 Å². The van der Waals surface area contributed by atoms with Gasteiger partial charge >= 0.3 is 0 Å². The Bertz CT molecular complexity index is 469. The monoisotopic (exact) mass is 329 g/mol. The number of hydrogen-bond acceptors (Lipinski definition) is 4. The molecule has 124 valence electrons. The van der Waals surface area contributed by atoms with Crippen molar-refractivity contribution >= 4 is 24.0 Å². The summed E-state index contributed by atoms with van der Waals surface area (Å²) in [6.45, 7) is 3.78. The van der Waals surface area contributed by atoms with Crippen molar-refractivity contribution in [2.45, 2.75) is 57.3 Å². The number of carbonyl (C=O) groups excluding carboxylic acids is 2. The van der Waals surface area contributed by atoms with Crippen LogP contribution in [-0.4, -0.2) is 41.1 Å². The van der Waals surface area contributed by atoms with Crippen molar-refractivity contribution in [1.82, 2.24) is 5.32 Å². The molecule has 0 saturated carbocycles. The van der Waals surface area contributed by atoms with Gasteiger partial charge in [0.25, 0.3) is 6.47 Å². The summed E-state index contributed by atoms with van der Waals surface area (Å²) in [7, 11) is 0. The van der Waals surface area contributed by atoms with Crippen LogP contribution in [0.5, 0.6) is 0 Å². The van der Waals surface area contributed by atoms with Crippen LogP contribution in [0.15, 0.2) is 12.2 Å². The summed E-state index contributed by atoms with van der Waals surface area (Å²) in [5.74, 6) is -0.0123. The first kappa shape index (κ1) is 17.3. The zero-order chi connectivity index (χ0) is 16.4. The third-order valence-corrected chi connectivity index (χ3v) is 5.62. The molecule has 1 aliphatic heterocycles. The van der Waals surface area contributed by atoms with Gasteiger partial charge in [0.05, 0.1) is 17.6 Å². The number of allylic oxidation sites excluding steroid dienone is 1. The van der Waals surface area contributed by atoms with E-state index in [-0.39, 0.29) is 17.7 Å². The lowest BCUT2D eigenvalue weighted by atomic mass is 9.69. The standard InChI is InChI=1S/C16H24ClNO4/c1-15(8-9-17)14(21)18-13(16(15,2)22-10-19)12(20)11-6-4-3-5-7-11/h4,6,10-13,20H,3,5,7-9H2,1-2H3,(H,18,21)/t11-,12+,13-,15+,16-/m1/s1. The first-order valence-electron chi connectivity index (χ1n) is 7.74. The summed E-state index contributed by atoms with van der Waals surface area (Å²) in [5.41, 5.74) is -2.09. The van der Waals surface area contributed by atoms with Gasteiger partial charge in [-0.05, 0) is 39.5 Å². The fourth-order valence-electron chi connectivity index (χ4n) is 3.64. The molecule has 2 N–H and O–H groups in total. The van der Waals surface area contributed by atoms with Crippen LogP contribution in [0.1, 0.15) is 39.5 Å². The number of amides is 1. The molecule has 5 atom stereocenters. The lowest BCUT2D eigenvalue weighted by Gasteiger charge is -2.42. The van der Waals surface area contributed by atoms with Crippen molar-refractivity contribution in [2.24, 2.45) is 11.3 Å². The van der Waals surface area contributed by atoms with Gasteiger partial charge in [-0.1, -0.05) is 12.2 Å². The average Bonchev–Trinajstić information content (AvgIpc) is 2.70. The Morgan fingerprint density at radius 1 is 1.59 bits per heavy atom. The first-order valence-corrected chi connectivity index (χ1v) is 8.27. The van der Waals surface area contributed by atoms with Gasteiger partial charge in [-0.25, -0.2) is 0 Å². The zero-order valence-electron chi connectivity index (χ0n) is 13.0. The number of alkyl halides is 1. The summed E-state index contributed by atoms with van der Waals surface area (Å²) < 4.78 is 5.35. The molecule has 5 nitrogen and oxygen atoms in total. The normalized spacial score (nSPS) is 39.4. The molecule has 22 heavy (non-hydrogen) atoms. The number of ether oxygens (including phenoxy) is 1. The van der Waals surface area contributed by atoms with E-state index < -0.39 is 23.2 Å². The number of aliphatic hydroxyl groups is 1. The number of halogens is 1. The molecule has 1 heterocycles. The van der Waals surface area contributed by atoms with E-state index in [1.807, 2.05) is 12.2 Å². The largest absolute Gasteiger partial charge is 0.458 e. The Morgan fingerprint density at radius 2 is 2.32 bits per heavy atom. The van der Waals surface area contributed by atoms with E-state index in [9.17, 15) is 14.7 Å². The third kappa shape index (κ3) is 2.65. The van der Waals surface area contributed by atoms with Crippen LogP contribution in [0.2, 0.25) is 0 Å². The van der Waals surface area contributed by atoms with Gasteiger partial charge in [0.15, 0.2) is 0 Å². The van der Waals surface area contributed by atoms with E-state index in [4.69, 9.17) is 16.3 Å². The van der Waals surface area contributed by atoms with Crippen LogP contribution < -0.4 is 5.32 Å². The van der Waals surface area contributed by atoms with E-state index in [1.54, 1.807) is 13.8 Å². The highest BCUT2D eigenvalue weighted by molar-refractivity contribution is 6.18. The molecule has 1 amide bonds. The second kappa shape index (κ2) is 6.59. The Hall–Kier alpha value is -1.07. The Morgan fingerprint density at radius 3 is 2.86 bits per heavy atom. The number of carbonyl (C=O) groups is 2. The summed E-state index contributed by atoms with van der Waals surface area (Å²) in [4.78, 5) is 23.5. The lowest BCUT2D eigenvalue weighted by Crippen LogP contribution is -2.57. The molecule has 0 radical (unpaired) electrons. The van der Waals surface area contributed by atoms with Gasteiger partial charge in [0.2, 0.25) is 5.91 Å². The Labute approximate surface area is 136 Å². The van der Waals surface area contributed by atoms with Crippen LogP contribution in [0.25, 0.3) is 0 Å². The summed E-state index contributed by atoms with van der Waals surface area (Å²) in [5, 5.41) is 13.6. The van der Waals surface area contributed by atoms with Gasteiger partial charge in [-0.3, -0.25) is 9.59 Å². The minimum absolute atomic E-state index is 0.0491. The molecule has 0 spiro atoms. The number of nitrogens with one attached hydrogen (secondary N) is 1. The van der Waals surface area contributed by atoms with Crippen molar-refractivity contribution < 1.29 is 19.4 Å². The summed E-state index contributed by atoms with van der Waals surface area (Å²) in [6, 6.07) is -0.647. The molecule has 0 aromatic heterocycles. The van der Waals surface area contributed by atoms with Gasteiger partial charge in [-0.2, -0.15) is 0 Å². The molecule has 0 bridgehead atoms. The van der Waals surface area contributed by atoms with Crippen molar-refractivity contribution in [3.8, 4) is 0 Å². The molecule has 1 saturated heterocycles. The lowest BCUT2D eigenvalue weighted by molar-refractivity contribution is -0.162. The molecule has 6 heteroatoms. The molecular weight excluding hydrogens is 306 g/mol. The van der Waals surface area contributed by atoms with E-state index in [0.29, 0.717) is 12.9 Å². The minimum atomic E-state index is -1.13. The Balaban J connectivity index is 2.33. The number of rotatable bonds is 6. The fourth-order valence-corrected chi connectivity index (χ4v) is 4.02. The predicted molar refractivity (Wildman–Crippen MR) is 83.4 cm³/mol. The van der Waals surface area contributed by atoms with E-state index in [2.05, 4.69) is 5.32 Å². The van der Waals surface area contributed by atoms with E-state index >= 15 is 0 Å². The highest BCUT2D eigenvalue weighted by Gasteiger charge is 2.64. The second-order valence-corrected chi connectivity index (χ2v) is 6.93. The maximum atomic E-state index is 12.5. The molecule has 2 rings (SSSR count). The van der Waals surface area contributed by atoms with Crippen molar-refractivity contribution in [3.05, 3.63) is 12.2 Å².